The average molecular weight is 246 g/mol. The second kappa shape index (κ2) is 3.95. The van der Waals surface area contributed by atoms with E-state index in [0.29, 0.717) is 11.4 Å². The number of hydrogen-bond acceptors (Lipinski definition) is 7. The lowest BCUT2D eigenvalue weighted by atomic mass is 10.2. The van der Waals surface area contributed by atoms with Crippen molar-refractivity contribution in [1.82, 2.24) is 20.1 Å². The lowest BCUT2D eigenvalue weighted by Gasteiger charge is -1.95. The summed E-state index contributed by atoms with van der Waals surface area (Å²) in [5.74, 6) is 0.721. The van der Waals surface area contributed by atoms with E-state index < -0.39 is 0 Å². The minimum absolute atomic E-state index is 0.00649. The SMILES string of the molecule is Oc1cnccc1-c1nc(-c2cncs2)no1. The van der Waals surface area contributed by atoms with E-state index in [4.69, 9.17) is 4.52 Å². The quantitative estimate of drug-likeness (QED) is 0.744. The number of rotatable bonds is 2. The Morgan fingerprint density at radius 3 is 2.94 bits per heavy atom. The summed E-state index contributed by atoms with van der Waals surface area (Å²) in [5.41, 5.74) is 2.15. The molecule has 0 saturated heterocycles. The van der Waals surface area contributed by atoms with Gasteiger partial charge in [-0.05, 0) is 6.07 Å². The Morgan fingerprint density at radius 2 is 2.18 bits per heavy atom. The standard InChI is InChI=1S/C10H6N4O2S/c15-7-3-11-2-1-6(7)10-13-9(14-16-10)8-4-12-5-17-8/h1-5,15H. The summed E-state index contributed by atoms with van der Waals surface area (Å²) in [6.07, 6.45) is 4.53. The Morgan fingerprint density at radius 1 is 1.24 bits per heavy atom. The highest BCUT2D eigenvalue weighted by molar-refractivity contribution is 7.13. The summed E-state index contributed by atoms with van der Waals surface area (Å²) in [6.45, 7) is 0. The molecule has 6 nitrogen and oxygen atoms in total. The first kappa shape index (κ1) is 9.91. The maximum absolute atomic E-state index is 9.60. The smallest absolute Gasteiger partial charge is 0.262 e. The summed E-state index contributed by atoms with van der Waals surface area (Å²) >= 11 is 1.42. The minimum Gasteiger partial charge on any atom is -0.505 e. The molecule has 84 valence electrons. The van der Waals surface area contributed by atoms with Gasteiger partial charge in [0.1, 0.15) is 5.75 Å². The molecule has 0 aliphatic heterocycles. The Balaban J connectivity index is 2.04. The van der Waals surface area contributed by atoms with Crippen LogP contribution in [0.1, 0.15) is 0 Å². The third kappa shape index (κ3) is 1.76. The van der Waals surface area contributed by atoms with Gasteiger partial charge in [0, 0.05) is 12.4 Å². The molecule has 0 amide bonds. The predicted molar refractivity (Wildman–Crippen MR) is 60.3 cm³/mol. The van der Waals surface area contributed by atoms with E-state index in [2.05, 4.69) is 20.1 Å². The summed E-state index contributed by atoms with van der Waals surface area (Å²) in [5, 5.41) is 13.4. The Labute approximate surface area is 99.6 Å². The molecule has 3 heterocycles. The molecule has 0 aliphatic carbocycles. The zero-order chi connectivity index (χ0) is 11.7. The van der Waals surface area contributed by atoms with Crippen LogP contribution >= 0.6 is 11.3 Å². The molecule has 1 N–H and O–H groups in total. The number of hydrogen-bond donors (Lipinski definition) is 1. The molecule has 3 aromatic heterocycles. The van der Waals surface area contributed by atoms with Crippen LogP contribution in [0.4, 0.5) is 0 Å². The summed E-state index contributed by atoms with van der Waals surface area (Å²) in [7, 11) is 0. The number of pyridine rings is 1. The van der Waals surface area contributed by atoms with Crippen LogP contribution in [-0.4, -0.2) is 25.2 Å². The maximum Gasteiger partial charge on any atom is 0.262 e. The highest BCUT2D eigenvalue weighted by Crippen LogP contribution is 2.28. The molecule has 0 saturated carbocycles. The van der Waals surface area contributed by atoms with Crippen molar-refractivity contribution in [2.75, 3.05) is 0 Å². The average Bonchev–Trinajstić information content (AvgIpc) is 3.00. The van der Waals surface area contributed by atoms with E-state index >= 15 is 0 Å². The molecule has 17 heavy (non-hydrogen) atoms. The van der Waals surface area contributed by atoms with E-state index in [9.17, 15) is 5.11 Å². The minimum atomic E-state index is 0.00649. The van der Waals surface area contributed by atoms with E-state index in [0.717, 1.165) is 4.88 Å². The number of nitrogens with zero attached hydrogens (tertiary/aromatic N) is 4. The molecule has 0 radical (unpaired) electrons. The van der Waals surface area contributed by atoms with Crippen LogP contribution in [0.3, 0.4) is 0 Å². The van der Waals surface area contributed by atoms with Crippen LogP contribution in [-0.2, 0) is 0 Å². The van der Waals surface area contributed by atoms with Gasteiger partial charge in [-0.2, -0.15) is 4.98 Å². The Bertz CT molecular complexity index is 635. The Hall–Kier alpha value is -2.28. The van der Waals surface area contributed by atoms with E-state index in [1.807, 2.05) is 0 Å². The van der Waals surface area contributed by atoms with Gasteiger partial charge in [0.2, 0.25) is 5.82 Å². The van der Waals surface area contributed by atoms with Crippen molar-refractivity contribution in [3.63, 3.8) is 0 Å². The van der Waals surface area contributed by atoms with Crippen molar-refractivity contribution in [3.05, 3.63) is 30.2 Å². The highest BCUT2D eigenvalue weighted by Gasteiger charge is 2.14. The summed E-state index contributed by atoms with van der Waals surface area (Å²) in [6, 6.07) is 1.61. The van der Waals surface area contributed by atoms with E-state index in [1.165, 1.54) is 17.5 Å². The molecule has 3 rings (SSSR count). The molecule has 0 unspecified atom stereocenters. The van der Waals surface area contributed by atoms with Gasteiger partial charge in [-0.25, -0.2) is 0 Å². The van der Waals surface area contributed by atoms with Gasteiger partial charge >= 0.3 is 0 Å². The van der Waals surface area contributed by atoms with Crippen LogP contribution < -0.4 is 0 Å². The lowest BCUT2D eigenvalue weighted by Crippen LogP contribution is -1.80. The normalized spacial score (nSPS) is 10.6. The topological polar surface area (TPSA) is 84.9 Å². The van der Waals surface area contributed by atoms with Crippen LogP contribution in [0, 0.1) is 0 Å². The summed E-state index contributed by atoms with van der Waals surface area (Å²) < 4.78 is 5.09. The first-order valence-corrected chi connectivity index (χ1v) is 5.58. The van der Waals surface area contributed by atoms with Gasteiger partial charge in [-0.15, -0.1) is 11.3 Å². The lowest BCUT2D eigenvalue weighted by molar-refractivity contribution is 0.425. The number of thiazole rings is 1. The van der Waals surface area contributed by atoms with Gasteiger partial charge < -0.3 is 9.63 Å². The largest absolute Gasteiger partial charge is 0.505 e. The molecule has 3 aromatic rings. The first-order valence-electron chi connectivity index (χ1n) is 4.70. The zero-order valence-corrected chi connectivity index (χ0v) is 9.26. The number of aromatic nitrogens is 4. The van der Waals surface area contributed by atoms with Crippen molar-refractivity contribution in [2.24, 2.45) is 0 Å². The fourth-order valence-electron chi connectivity index (χ4n) is 1.33. The van der Waals surface area contributed by atoms with Gasteiger partial charge in [-0.1, -0.05) is 5.16 Å². The zero-order valence-electron chi connectivity index (χ0n) is 8.44. The van der Waals surface area contributed by atoms with Crippen molar-refractivity contribution in [3.8, 4) is 27.9 Å². The molecular weight excluding hydrogens is 240 g/mol. The van der Waals surface area contributed by atoms with Gasteiger partial charge in [0.15, 0.2) is 0 Å². The fourth-order valence-corrected chi connectivity index (χ4v) is 1.87. The Kier molecular flexibility index (Phi) is 2.30. The van der Waals surface area contributed by atoms with Gasteiger partial charge in [-0.3, -0.25) is 9.97 Å². The molecule has 0 bridgehead atoms. The van der Waals surface area contributed by atoms with Crippen LogP contribution in [0.2, 0.25) is 0 Å². The van der Waals surface area contributed by atoms with E-state index in [-0.39, 0.29) is 11.6 Å². The third-order valence-electron chi connectivity index (χ3n) is 2.11. The number of aromatic hydroxyl groups is 1. The molecule has 0 atom stereocenters. The molecule has 0 fully saturated rings. The van der Waals surface area contributed by atoms with Crippen molar-refractivity contribution in [1.29, 1.82) is 0 Å². The van der Waals surface area contributed by atoms with Crippen molar-refractivity contribution in [2.45, 2.75) is 0 Å². The molecule has 7 heteroatoms. The van der Waals surface area contributed by atoms with Crippen LogP contribution in [0.15, 0.2) is 34.7 Å². The molecular formula is C10H6N4O2S. The van der Waals surface area contributed by atoms with Crippen LogP contribution in [0.5, 0.6) is 5.75 Å². The predicted octanol–water partition coefficient (Wildman–Crippen LogP) is 1.96. The van der Waals surface area contributed by atoms with Crippen molar-refractivity contribution < 1.29 is 9.63 Å². The second-order valence-corrected chi connectivity index (χ2v) is 4.07. The molecule has 0 spiro atoms. The first-order chi connectivity index (χ1) is 8.34. The van der Waals surface area contributed by atoms with Gasteiger partial charge in [0.25, 0.3) is 5.89 Å². The maximum atomic E-state index is 9.60. The van der Waals surface area contributed by atoms with Gasteiger partial charge in [0.05, 0.1) is 22.1 Å². The molecule has 0 aliphatic rings. The second-order valence-electron chi connectivity index (χ2n) is 3.18. The van der Waals surface area contributed by atoms with E-state index in [1.54, 1.807) is 24.0 Å². The van der Waals surface area contributed by atoms with Crippen LogP contribution in [0.25, 0.3) is 22.2 Å². The highest BCUT2D eigenvalue weighted by atomic mass is 32.1. The molecule has 0 aromatic carbocycles. The third-order valence-corrected chi connectivity index (χ3v) is 2.88. The fraction of sp³-hybridized carbons (Fsp3) is 0. The summed E-state index contributed by atoms with van der Waals surface area (Å²) in [4.78, 5) is 12.7. The van der Waals surface area contributed by atoms with Crippen molar-refractivity contribution >= 4 is 11.3 Å². The monoisotopic (exact) mass is 246 g/mol.